The second kappa shape index (κ2) is 7.70. The van der Waals surface area contributed by atoms with Gasteiger partial charge < -0.3 is 19.0 Å². The second-order valence-electron chi connectivity index (χ2n) is 5.77. The number of carbonyl (C=O) groups excluding carboxylic acids is 1. The van der Waals surface area contributed by atoms with Crippen molar-refractivity contribution in [2.24, 2.45) is 0 Å². The molecule has 2 aromatic heterocycles. The zero-order valence-electron chi connectivity index (χ0n) is 14.2. The van der Waals surface area contributed by atoms with Gasteiger partial charge in [0.2, 0.25) is 5.91 Å². The van der Waals surface area contributed by atoms with Gasteiger partial charge in [-0.15, -0.1) is 0 Å². The summed E-state index contributed by atoms with van der Waals surface area (Å²) in [7, 11) is 0. The van der Waals surface area contributed by atoms with Crippen molar-refractivity contribution < 1.29 is 18.5 Å². The zero-order chi connectivity index (χ0) is 17.6. The van der Waals surface area contributed by atoms with E-state index in [0.717, 1.165) is 34.1 Å². The van der Waals surface area contributed by atoms with Crippen molar-refractivity contribution in [1.82, 2.24) is 10.5 Å². The Morgan fingerprint density at radius 1 is 1.20 bits per heavy atom. The number of nitrogens with zero attached hydrogens (tertiary/aromatic N) is 1. The number of hydrogen-bond donors (Lipinski definition) is 1. The molecular weight excluding hydrogens is 320 g/mol. The number of ether oxygens (including phenoxy) is 1. The van der Waals surface area contributed by atoms with Crippen molar-refractivity contribution in [2.75, 3.05) is 0 Å². The lowest BCUT2D eigenvalue weighted by atomic mass is 10.1. The Hall–Kier alpha value is -3.02. The van der Waals surface area contributed by atoms with Crippen molar-refractivity contribution in [3.8, 4) is 5.75 Å². The van der Waals surface area contributed by atoms with Crippen LogP contribution in [-0.4, -0.2) is 11.1 Å². The molecule has 130 valence electrons. The molecule has 1 N–H and O–H groups in total. The normalized spacial score (nSPS) is 10.6. The molecule has 0 bridgehead atoms. The molecule has 0 unspecified atom stereocenters. The summed E-state index contributed by atoms with van der Waals surface area (Å²) >= 11 is 0. The first-order valence-electron chi connectivity index (χ1n) is 8.04. The van der Waals surface area contributed by atoms with Crippen molar-refractivity contribution in [3.63, 3.8) is 0 Å². The largest absolute Gasteiger partial charge is 0.489 e. The van der Waals surface area contributed by atoms with Crippen LogP contribution in [0.15, 0.2) is 51.6 Å². The highest BCUT2D eigenvalue weighted by atomic mass is 16.5. The molecule has 0 radical (unpaired) electrons. The number of amides is 1. The summed E-state index contributed by atoms with van der Waals surface area (Å²) in [6.45, 7) is 4.55. The highest BCUT2D eigenvalue weighted by Gasteiger charge is 2.10. The molecule has 0 aliphatic rings. The fourth-order valence-electron chi connectivity index (χ4n) is 2.41. The molecule has 1 amide bonds. The molecule has 3 aromatic rings. The number of nitrogens with one attached hydrogen (secondary N) is 1. The summed E-state index contributed by atoms with van der Waals surface area (Å²) < 4.78 is 16.1. The Kier molecular flexibility index (Phi) is 5.18. The highest BCUT2D eigenvalue weighted by Crippen LogP contribution is 2.18. The van der Waals surface area contributed by atoms with Crippen LogP contribution in [0.1, 0.15) is 28.3 Å². The van der Waals surface area contributed by atoms with E-state index in [4.69, 9.17) is 13.7 Å². The number of furan rings is 1. The zero-order valence-corrected chi connectivity index (χ0v) is 14.2. The molecule has 0 saturated carbocycles. The first-order valence-corrected chi connectivity index (χ1v) is 8.04. The van der Waals surface area contributed by atoms with E-state index in [-0.39, 0.29) is 5.91 Å². The number of carbonyl (C=O) groups is 1. The van der Waals surface area contributed by atoms with E-state index in [0.29, 0.717) is 19.6 Å². The van der Waals surface area contributed by atoms with E-state index < -0.39 is 0 Å². The predicted octanol–water partition coefficient (Wildman–Crippen LogP) is 3.32. The van der Waals surface area contributed by atoms with Gasteiger partial charge in [0.1, 0.15) is 23.9 Å². The Morgan fingerprint density at radius 3 is 2.64 bits per heavy atom. The minimum Gasteiger partial charge on any atom is -0.489 e. The van der Waals surface area contributed by atoms with Gasteiger partial charge >= 0.3 is 0 Å². The quantitative estimate of drug-likeness (QED) is 0.714. The monoisotopic (exact) mass is 340 g/mol. The van der Waals surface area contributed by atoms with E-state index in [1.54, 1.807) is 12.3 Å². The molecule has 3 rings (SSSR count). The number of benzene rings is 1. The van der Waals surface area contributed by atoms with Crippen molar-refractivity contribution in [2.45, 2.75) is 33.4 Å². The van der Waals surface area contributed by atoms with Gasteiger partial charge in [0.15, 0.2) is 0 Å². The third kappa shape index (κ3) is 4.50. The molecule has 1 aromatic carbocycles. The SMILES string of the molecule is Cc1noc(C)c1COc1ccc(CC(=O)NCc2ccco2)cc1. The molecule has 6 nitrogen and oxygen atoms in total. The van der Waals surface area contributed by atoms with Crippen LogP contribution in [0, 0.1) is 13.8 Å². The molecule has 0 fully saturated rings. The van der Waals surface area contributed by atoms with Crippen molar-refractivity contribution in [3.05, 3.63) is 71.0 Å². The third-order valence-corrected chi connectivity index (χ3v) is 3.89. The van der Waals surface area contributed by atoms with Crippen LogP contribution in [-0.2, 0) is 24.4 Å². The van der Waals surface area contributed by atoms with Crippen LogP contribution in [0.25, 0.3) is 0 Å². The summed E-state index contributed by atoms with van der Waals surface area (Å²) in [5, 5.41) is 6.73. The Labute approximate surface area is 145 Å². The van der Waals surface area contributed by atoms with Gasteiger partial charge in [0.05, 0.1) is 30.5 Å². The molecular formula is C19H20N2O4. The summed E-state index contributed by atoms with van der Waals surface area (Å²) in [5.41, 5.74) is 2.71. The van der Waals surface area contributed by atoms with Crippen LogP contribution in [0.3, 0.4) is 0 Å². The Morgan fingerprint density at radius 2 is 2.00 bits per heavy atom. The van der Waals surface area contributed by atoms with E-state index in [1.807, 2.05) is 44.2 Å². The second-order valence-corrected chi connectivity index (χ2v) is 5.77. The fraction of sp³-hybridized carbons (Fsp3) is 0.263. The third-order valence-electron chi connectivity index (χ3n) is 3.89. The maximum atomic E-state index is 11.9. The van der Waals surface area contributed by atoms with Crippen molar-refractivity contribution >= 4 is 5.91 Å². The van der Waals surface area contributed by atoms with Crippen LogP contribution in [0.5, 0.6) is 5.75 Å². The minimum atomic E-state index is -0.0548. The van der Waals surface area contributed by atoms with Gasteiger partial charge in [-0.05, 0) is 43.7 Å². The number of hydrogen-bond acceptors (Lipinski definition) is 5. The lowest BCUT2D eigenvalue weighted by Gasteiger charge is -2.07. The smallest absolute Gasteiger partial charge is 0.224 e. The average molecular weight is 340 g/mol. The van der Waals surface area contributed by atoms with Crippen LogP contribution >= 0.6 is 0 Å². The molecule has 0 spiro atoms. The lowest BCUT2D eigenvalue weighted by Crippen LogP contribution is -2.24. The molecule has 0 aliphatic heterocycles. The Bertz CT molecular complexity index is 800. The topological polar surface area (TPSA) is 77.5 Å². The van der Waals surface area contributed by atoms with E-state index in [1.165, 1.54) is 0 Å². The summed E-state index contributed by atoms with van der Waals surface area (Å²) in [4.78, 5) is 11.9. The highest BCUT2D eigenvalue weighted by molar-refractivity contribution is 5.78. The van der Waals surface area contributed by atoms with Gasteiger partial charge in [-0.3, -0.25) is 4.79 Å². The van der Waals surface area contributed by atoms with Crippen LogP contribution in [0.2, 0.25) is 0 Å². The van der Waals surface area contributed by atoms with Gasteiger partial charge in [-0.1, -0.05) is 17.3 Å². The lowest BCUT2D eigenvalue weighted by molar-refractivity contribution is -0.120. The van der Waals surface area contributed by atoms with E-state index in [2.05, 4.69) is 10.5 Å². The van der Waals surface area contributed by atoms with Gasteiger partial charge in [0, 0.05) is 0 Å². The Balaban J connectivity index is 1.49. The van der Waals surface area contributed by atoms with E-state index >= 15 is 0 Å². The molecule has 6 heteroatoms. The number of aromatic nitrogens is 1. The molecule has 25 heavy (non-hydrogen) atoms. The first kappa shape index (κ1) is 16.8. The fourth-order valence-corrected chi connectivity index (χ4v) is 2.41. The van der Waals surface area contributed by atoms with Gasteiger partial charge in [0.25, 0.3) is 0 Å². The summed E-state index contributed by atoms with van der Waals surface area (Å²) in [5.74, 6) is 2.18. The first-order chi connectivity index (χ1) is 12.1. The van der Waals surface area contributed by atoms with Crippen molar-refractivity contribution in [1.29, 1.82) is 0 Å². The summed E-state index contributed by atoms with van der Waals surface area (Å²) in [6.07, 6.45) is 1.90. The standard InChI is InChI=1S/C19H20N2O4/c1-13-18(14(2)25-21-13)12-24-16-7-5-15(6-8-16)10-19(22)20-11-17-4-3-9-23-17/h3-9H,10-12H2,1-2H3,(H,20,22). The molecule has 0 atom stereocenters. The predicted molar refractivity (Wildman–Crippen MR) is 91.0 cm³/mol. The number of aryl methyl sites for hydroxylation is 2. The van der Waals surface area contributed by atoms with Gasteiger partial charge in [-0.25, -0.2) is 0 Å². The minimum absolute atomic E-state index is 0.0548. The maximum absolute atomic E-state index is 11.9. The number of rotatable bonds is 7. The average Bonchev–Trinajstić information content (AvgIpc) is 3.23. The van der Waals surface area contributed by atoms with Crippen LogP contribution in [0.4, 0.5) is 0 Å². The van der Waals surface area contributed by atoms with Gasteiger partial charge in [-0.2, -0.15) is 0 Å². The molecule has 0 saturated heterocycles. The maximum Gasteiger partial charge on any atom is 0.224 e. The summed E-state index contributed by atoms with van der Waals surface area (Å²) in [6, 6.07) is 11.1. The van der Waals surface area contributed by atoms with Crippen LogP contribution < -0.4 is 10.1 Å². The molecule has 2 heterocycles. The molecule has 0 aliphatic carbocycles. The van der Waals surface area contributed by atoms with E-state index in [9.17, 15) is 4.79 Å².